The van der Waals surface area contributed by atoms with Gasteiger partial charge in [0.15, 0.2) is 0 Å². The van der Waals surface area contributed by atoms with Crippen molar-refractivity contribution in [2.75, 3.05) is 32.1 Å². The van der Waals surface area contributed by atoms with E-state index in [1.807, 2.05) is 0 Å². The lowest BCUT2D eigenvalue weighted by Crippen LogP contribution is -2.35. The van der Waals surface area contributed by atoms with Crippen molar-refractivity contribution >= 4 is 48.9 Å². The average molecular weight is 363 g/mol. The molecule has 0 saturated carbocycles. The van der Waals surface area contributed by atoms with Gasteiger partial charge < -0.3 is 4.74 Å². The summed E-state index contributed by atoms with van der Waals surface area (Å²) in [7, 11) is -1.91. The molecule has 17 heavy (non-hydrogen) atoms. The topological polar surface area (TPSA) is 46.6 Å². The van der Waals surface area contributed by atoms with Crippen LogP contribution in [-0.4, -0.2) is 44.9 Å². The number of sulfonamides is 1. The van der Waals surface area contributed by atoms with Crippen LogP contribution >= 0.6 is 38.9 Å². The van der Waals surface area contributed by atoms with Gasteiger partial charge in [-0.15, -0.1) is 11.3 Å². The van der Waals surface area contributed by atoms with Crippen LogP contribution in [0.4, 0.5) is 0 Å². The molecular weight excluding hydrogens is 350 g/mol. The number of rotatable bonds is 7. The van der Waals surface area contributed by atoms with Crippen LogP contribution in [0.25, 0.3) is 0 Å². The molecule has 0 radical (unpaired) electrons. The molecule has 0 aliphatic heterocycles. The zero-order chi connectivity index (χ0) is 12.9. The van der Waals surface area contributed by atoms with E-state index in [-0.39, 0.29) is 4.21 Å². The van der Waals surface area contributed by atoms with E-state index in [4.69, 9.17) is 16.3 Å². The molecule has 1 heterocycles. The standard InChI is InChI=1S/C9H13BrClNO3S2/c1-15-7-6-12(5-4-10)17(13,14)9-3-2-8(11)16-9/h2-3H,4-7H2,1H3. The highest BCUT2D eigenvalue weighted by Gasteiger charge is 2.25. The number of methoxy groups -OCH3 is 1. The van der Waals surface area contributed by atoms with E-state index in [0.717, 1.165) is 11.3 Å². The fourth-order valence-electron chi connectivity index (χ4n) is 1.20. The largest absolute Gasteiger partial charge is 0.383 e. The molecule has 0 unspecified atom stereocenters. The number of nitrogens with zero attached hydrogens (tertiary/aromatic N) is 1. The van der Waals surface area contributed by atoms with Gasteiger partial charge in [0, 0.05) is 25.5 Å². The van der Waals surface area contributed by atoms with Gasteiger partial charge in [0.2, 0.25) is 0 Å². The summed E-state index contributed by atoms with van der Waals surface area (Å²) in [6.07, 6.45) is 0. The minimum atomic E-state index is -3.46. The molecule has 0 amide bonds. The van der Waals surface area contributed by atoms with Crippen molar-refractivity contribution in [1.82, 2.24) is 4.31 Å². The number of halogens is 2. The van der Waals surface area contributed by atoms with Crippen molar-refractivity contribution in [3.8, 4) is 0 Å². The Morgan fingerprint density at radius 3 is 2.65 bits per heavy atom. The lowest BCUT2D eigenvalue weighted by atomic mass is 10.6. The monoisotopic (exact) mass is 361 g/mol. The molecule has 0 spiro atoms. The summed E-state index contributed by atoms with van der Waals surface area (Å²) in [5, 5.41) is 0.578. The normalized spacial score (nSPS) is 12.2. The van der Waals surface area contributed by atoms with Gasteiger partial charge in [-0.3, -0.25) is 0 Å². The van der Waals surface area contributed by atoms with E-state index in [1.54, 1.807) is 13.2 Å². The minimum Gasteiger partial charge on any atom is -0.383 e. The molecule has 8 heteroatoms. The highest BCUT2D eigenvalue weighted by Crippen LogP contribution is 2.28. The maximum absolute atomic E-state index is 12.2. The molecule has 0 aliphatic rings. The third-order valence-electron chi connectivity index (χ3n) is 2.02. The molecule has 98 valence electrons. The maximum Gasteiger partial charge on any atom is 0.252 e. The van der Waals surface area contributed by atoms with Gasteiger partial charge in [-0.25, -0.2) is 8.42 Å². The number of hydrogen-bond donors (Lipinski definition) is 0. The van der Waals surface area contributed by atoms with E-state index in [1.165, 1.54) is 10.4 Å². The Morgan fingerprint density at radius 1 is 1.47 bits per heavy atom. The van der Waals surface area contributed by atoms with Gasteiger partial charge >= 0.3 is 0 Å². The molecule has 0 saturated heterocycles. The Hall–Kier alpha value is 0.340. The van der Waals surface area contributed by atoms with Gasteiger partial charge in [0.1, 0.15) is 4.21 Å². The summed E-state index contributed by atoms with van der Waals surface area (Å²) >= 11 is 10.1. The lowest BCUT2D eigenvalue weighted by Gasteiger charge is -2.19. The number of ether oxygens (including phenoxy) is 1. The van der Waals surface area contributed by atoms with E-state index in [9.17, 15) is 8.42 Å². The number of hydrogen-bond acceptors (Lipinski definition) is 4. The first-order valence-electron chi connectivity index (χ1n) is 4.82. The summed E-state index contributed by atoms with van der Waals surface area (Å²) in [5.41, 5.74) is 0. The van der Waals surface area contributed by atoms with Crippen molar-refractivity contribution in [1.29, 1.82) is 0 Å². The van der Waals surface area contributed by atoms with Crippen molar-refractivity contribution in [3.63, 3.8) is 0 Å². The fourth-order valence-corrected chi connectivity index (χ4v) is 4.93. The smallest absolute Gasteiger partial charge is 0.252 e. The summed E-state index contributed by atoms with van der Waals surface area (Å²) in [4.78, 5) is 0. The molecule has 0 atom stereocenters. The second-order valence-electron chi connectivity index (χ2n) is 3.14. The van der Waals surface area contributed by atoms with Crippen LogP contribution in [0.2, 0.25) is 4.34 Å². The molecule has 0 fully saturated rings. The van der Waals surface area contributed by atoms with Crippen molar-refractivity contribution in [2.24, 2.45) is 0 Å². The third-order valence-corrected chi connectivity index (χ3v) is 5.97. The van der Waals surface area contributed by atoms with E-state index in [0.29, 0.717) is 29.4 Å². The van der Waals surface area contributed by atoms with Gasteiger partial charge in [-0.2, -0.15) is 4.31 Å². The predicted molar refractivity (Wildman–Crippen MR) is 73.8 cm³/mol. The number of thiophene rings is 1. The predicted octanol–water partition coefficient (Wildman–Crippen LogP) is 2.43. The Balaban J connectivity index is 2.91. The second kappa shape index (κ2) is 7.06. The SMILES string of the molecule is COCCN(CCBr)S(=O)(=O)c1ccc(Cl)s1. The van der Waals surface area contributed by atoms with Crippen LogP contribution < -0.4 is 0 Å². The molecule has 0 N–H and O–H groups in total. The molecule has 0 bridgehead atoms. The second-order valence-corrected chi connectivity index (χ2v) is 7.82. The van der Waals surface area contributed by atoms with Crippen LogP contribution in [-0.2, 0) is 14.8 Å². The highest BCUT2D eigenvalue weighted by molar-refractivity contribution is 9.09. The van der Waals surface area contributed by atoms with Crippen molar-refractivity contribution in [3.05, 3.63) is 16.5 Å². The van der Waals surface area contributed by atoms with E-state index >= 15 is 0 Å². The van der Waals surface area contributed by atoms with E-state index < -0.39 is 10.0 Å². The fraction of sp³-hybridized carbons (Fsp3) is 0.556. The van der Waals surface area contributed by atoms with Crippen LogP contribution in [0.3, 0.4) is 0 Å². The summed E-state index contributed by atoms with van der Waals surface area (Å²) < 4.78 is 31.5. The first-order valence-corrected chi connectivity index (χ1v) is 8.58. The van der Waals surface area contributed by atoms with Gasteiger partial charge in [-0.05, 0) is 12.1 Å². The van der Waals surface area contributed by atoms with Gasteiger partial charge in [0.25, 0.3) is 10.0 Å². The van der Waals surface area contributed by atoms with Crippen LogP contribution in [0.1, 0.15) is 0 Å². The Morgan fingerprint density at radius 2 is 2.18 bits per heavy atom. The first kappa shape index (κ1) is 15.4. The zero-order valence-electron chi connectivity index (χ0n) is 9.23. The number of alkyl halides is 1. The molecule has 4 nitrogen and oxygen atoms in total. The minimum absolute atomic E-state index is 0.263. The van der Waals surface area contributed by atoms with Crippen LogP contribution in [0, 0.1) is 0 Å². The maximum atomic E-state index is 12.2. The average Bonchev–Trinajstić information content (AvgIpc) is 2.71. The molecule has 0 aromatic carbocycles. The Labute approximate surface area is 119 Å². The van der Waals surface area contributed by atoms with Crippen molar-refractivity contribution in [2.45, 2.75) is 4.21 Å². The first-order chi connectivity index (χ1) is 8.02. The summed E-state index contributed by atoms with van der Waals surface area (Å²) in [6.45, 7) is 1.10. The summed E-state index contributed by atoms with van der Waals surface area (Å²) in [6, 6.07) is 3.11. The van der Waals surface area contributed by atoms with Crippen LogP contribution in [0.5, 0.6) is 0 Å². The highest BCUT2D eigenvalue weighted by atomic mass is 79.9. The summed E-state index contributed by atoms with van der Waals surface area (Å²) in [5.74, 6) is 0. The van der Waals surface area contributed by atoms with Crippen LogP contribution in [0.15, 0.2) is 16.3 Å². The third kappa shape index (κ3) is 4.18. The zero-order valence-corrected chi connectivity index (χ0v) is 13.2. The molecule has 1 aromatic heterocycles. The molecule has 1 rings (SSSR count). The lowest BCUT2D eigenvalue weighted by molar-refractivity contribution is 0.181. The van der Waals surface area contributed by atoms with Gasteiger partial charge in [0.05, 0.1) is 10.9 Å². The molecule has 1 aromatic rings. The van der Waals surface area contributed by atoms with Crippen molar-refractivity contribution < 1.29 is 13.2 Å². The quantitative estimate of drug-likeness (QED) is 0.700. The molecular formula is C9H13BrClNO3S2. The Bertz CT molecular complexity index is 449. The van der Waals surface area contributed by atoms with Gasteiger partial charge in [-0.1, -0.05) is 27.5 Å². The Kier molecular flexibility index (Phi) is 6.39. The molecule has 0 aliphatic carbocycles. The van der Waals surface area contributed by atoms with E-state index in [2.05, 4.69) is 15.9 Å².